The van der Waals surface area contributed by atoms with Crippen molar-refractivity contribution in [2.24, 2.45) is 17.4 Å². The number of hydrogen-bond donors (Lipinski definition) is 3. The van der Waals surface area contributed by atoms with Crippen molar-refractivity contribution >= 4 is 5.78 Å². The van der Waals surface area contributed by atoms with E-state index in [1.807, 2.05) is 0 Å². The van der Waals surface area contributed by atoms with Crippen molar-refractivity contribution in [2.45, 2.75) is 39.4 Å². The maximum absolute atomic E-state index is 10.8. The number of nitrogens with one attached hydrogen (secondary N) is 1. The molecule has 13 heavy (non-hydrogen) atoms. The molecule has 0 radical (unpaired) electrons. The highest BCUT2D eigenvalue weighted by atomic mass is 16.1. The summed E-state index contributed by atoms with van der Waals surface area (Å²) in [6, 6.07) is -0.435. The SMILES string of the molecule is CCC(C)C(N)NCC(N)C(C)=O. The van der Waals surface area contributed by atoms with E-state index in [2.05, 4.69) is 19.2 Å². The van der Waals surface area contributed by atoms with Crippen molar-refractivity contribution in [1.29, 1.82) is 0 Å². The summed E-state index contributed by atoms with van der Waals surface area (Å²) in [4.78, 5) is 10.8. The van der Waals surface area contributed by atoms with E-state index in [0.717, 1.165) is 6.42 Å². The van der Waals surface area contributed by atoms with Crippen LogP contribution in [0.5, 0.6) is 0 Å². The minimum Gasteiger partial charge on any atom is -0.320 e. The molecule has 78 valence electrons. The molecule has 0 fully saturated rings. The third kappa shape index (κ3) is 4.98. The Morgan fingerprint density at radius 3 is 2.38 bits per heavy atom. The fraction of sp³-hybridized carbons (Fsp3) is 0.889. The zero-order valence-corrected chi connectivity index (χ0v) is 8.71. The second-order valence-corrected chi connectivity index (χ2v) is 3.54. The fourth-order valence-corrected chi connectivity index (χ4v) is 0.862. The predicted molar refractivity (Wildman–Crippen MR) is 54.1 cm³/mol. The third-order valence-corrected chi connectivity index (χ3v) is 2.35. The van der Waals surface area contributed by atoms with Crippen molar-refractivity contribution < 1.29 is 4.79 Å². The van der Waals surface area contributed by atoms with Crippen LogP contribution in [0.25, 0.3) is 0 Å². The maximum Gasteiger partial charge on any atom is 0.147 e. The van der Waals surface area contributed by atoms with Gasteiger partial charge in [0.05, 0.1) is 12.2 Å². The number of nitrogens with two attached hydrogens (primary N) is 2. The van der Waals surface area contributed by atoms with Gasteiger partial charge >= 0.3 is 0 Å². The van der Waals surface area contributed by atoms with Gasteiger partial charge in [0.2, 0.25) is 0 Å². The highest BCUT2D eigenvalue weighted by molar-refractivity contribution is 5.81. The summed E-state index contributed by atoms with van der Waals surface area (Å²) in [6.45, 7) is 6.09. The smallest absolute Gasteiger partial charge is 0.147 e. The van der Waals surface area contributed by atoms with Gasteiger partial charge in [-0.1, -0.05) is 20.3 Å². The molecule has 0 saturated heterocycles. The highest BCUT2D eigenvalue weighted by Crippen LogP contribution is 2.01. The first-order valence-corrected chi connectivity index (χ1v) is 4.74. The van der Waals surface area contributed by atoms with Gasteiger partial charge in [-0.25, -0.2) is 0 Å². The maximum atomic E-state index is 10.8. The molecule has 0 aliphatic carbocycles. The third-order valence-electron chi connectivity index (χ3n) is 2.35. The van der Waals surface area contributed by atoms with Crippen molar-refractivity contribution in [2.75, 3.05) is 6.54 Å². The Morgan fingerprint density at radius 2 is 2.00 bits per heavy atom. The molecule has 0 aliphatic heterocycles. The van der Waals surface area contributed by atoms with E-state index < -0.39 is 6.04 Å². The van der Waals surface area contributed by atoms with Crippen molar-refractivity contribution in [3.63, 3.8) is 0 Å². The number of carbonyl (C=O) groups is 1. The van der Waals surface area contributed by atoms with Crippen LogP contribution in [0.1, 0.15) is 27.2 Å². The Morgan fingerprint density at radius 1 is 1.46 bits per heavy atom. The van der Waals surface area contributed by atoms with Crippen molar-refractivity contribution in [3.8, 4) is 0 Å². The van der Waals surface area contributed by atoms with Gasteiger partial charge in [0, 0.05) is 6.54 Å². The van der Waals surface area contributed by atoms with Crippen LogP contribution in [-0.2, 0) is 4.79 Å². The molecule has 3 unspecified atom stereocenters. The van der Waals surface area contributed by atoms with Crippen LogP contribution in [0.15, 0.2) is 0 Å². The van der Waals surface area contributed by atoms with Crippen LogP contribution in [0.3, 0.4) is 0 Å². The van der Waals surface area contributed by atoms with Crippen LogP contribution < -0.4 is 16.8 Å². The summed E-state index contributed by atoms with van der Waals surface area (Å²) in [5.74, 6) is 0.392. The van der Waals surface area contributed by atoms with E-state index in [-0.39, 0.29) is 11.9 Å². The Kier molecular flexibility index (Phi) is 5.86. The molecule has 0 rings (SSSR count). The molecule has 0 aliphatic rings. The minimum absolute atomic E-state index is 0.0103. The topological polar surface area (TPSA) is 81.1 Å². The number of Topliss-reactive ketones (excluding diaryl/α,β-unsaturated/α-hetero) is 1. The summed E-state index contributed by atoms with van der Waals surface area (Å²) in [5.41, 5.74) is 11.3. The van der Waals surface area contributed by atoms with E-state index in [4.69, 9.17) is 11.5 Å². The van der Waals surface area contributed by atoms with E-state index in [1.165, 1.54) is 6.92 Å². The standard InChI is InChI=1S/C9H21N3O/c1-4-6(2)9(11)12-5-8(10)7(3)13/h6,8-9,12H,4-5,10-11H2,1-3H3. The summed E-state index contributed by atoms with van der Waals surface area (Å²) < 4.78 is 0. The largest absolute Gasteiger partial charge is 0.320 e. The van der Waals surface area contributed by atoms with Crippen LogP contribution in [-0.4, -0.2) is 24.5 Å². The lowest BCUT2D eigenvalue weighted by molar-refractivity contribution is -0.118. The van der Waals surface area contributed by atoms with E-state index in [1.54, 1.807) is 0 Å². The molecule has 4 nitrogen and oxygen atoms in total. The van der Waals surface area contributed by atoms with E-state index >= 15 is 0 Å². The summed E-state index contributed by atoms with van der Waals surface area (Å²) in [6.07, 6.45) is 0.944. The van der Waals surface area contributed by atoms with Crippen LogP contribution in [0.2, 0.25) is 0 Å². The lowest BCUT2D eigenvalue weighted by Crippen LogP contribution is -2.49. The molecule has 0 saturated carbocycles. The molecule has 0 aromatic rings. The average molecular weight is 187 g/mol. The molecule has 3 atom stereocenters. The molecule has 0 aromatic heterocycles. The fourth-order valence-electron chi connectivity index (χ4n) is 0.862. The van der Waals surface area contributed by atoms with Gasteiger partial charge in [0.25, 0.3) is 0 Å². The molecule has 0 amide bonds. The predicted octanol–water partition coefficient (Wildman–Crippen LogP) is -0.177. The van der Waals surface area contributed by atoms with E-state index in [0.29, 0.717) is 12.5 Å². The summed E-state index contributed by atoms with van der Waals surface area (Å²) >= 11 is 0. The molecule has 4 heteroatoms. The number of carbonyl (C=O) groups excluding carboxylic acids is 1. The summed E-state index contributed by atoms with van der Waals surface area (Å²) in [5, 5.41) is 3.05. The first kappa shape index (κ1) is 12.6. The zero-order chi connectivity index (χ0) is 10.4. The molecule has 5 N–H and O–H groups in total. The molecule has 0 bridgehead atoms. The number of hydrogen-bond acceptors (Lipinski definition) is 4. The highest BCUT2D eigenvalue weighted by Gasteiger charge is 2.13. The lowest BCUT2D eigenvalue weighted by atomic mass is 10.1. The molecule has 0 spiro atoms. The van der Waals surface area contributed by atoms with Crippen molar-refractivity contribution in [1.82, 2.24) is 5.32 Å². The van der Waals surface area contributed by atoms with Crippen LogP contribution >= 0.6 is 0 Å². The number of ketones is 1. The first-order valence-electron chi connectivity index (χ1n) is 4.74. The van der Waals surface area contributed by atoms with Gasteiger partial charge in [0.1, 0.15) is 5.78 Å². The Bertz CT molecular complexity index is 161. The molecular weight excluding hydrogens is 166 g/mol. The van der Waals surface area contributed by atoms with Gasteiger partial charge < -0.3 is 11.5 Å². The van der Waals surface area contributed by atoms with Gasteiger partial charge in [-0.3, -0.25) is 10.1 Å². The lowest BCUT2D eigenvalue weighted by Gasteiger charge is -2.21. The monoisotopic (exact) mass is 187 g/mol. The molecule has 0 aromatic carbocycles. The Hall–Kier alpha value is -0.450. The molecular formula is C9H21N3O. The van der Waals surface area contributed by atoms with Gasteiger partial charge in [-0.2, -0.15) is 0 Å². The zero-order valence-electron chi connectivity index (χ0n) is 8.71. The molecule has 0 heterocycles. The Balaban J connectivity index is 3.69. The van der Waals surface area contributed by atoms with Gasteiger partial charge in [0.15, 0.2) is 0 Å². The normalized spacial score (nSPS) is 17.9. The van der Waals surface area contributed by atoms with Gasteiger partial charge in [-0.15, -0.1) is 0 Å². The summed E-state index contributed by atoms with van der Waals surface area (Å²) in [7, 11) is 0. The number of rotatable bonds is 6. The second kappa shape index (κ2) is 6.07. The average Bonchev–Trinajstić information content (AvgIpc) is 2.11. The van der Waals surface area contributed by atoms with Crippen LogP contribution in [0, 0.1) is 5.92 Å². The van der Waals surface area contributed by atoms with Crippen molar-refractivity contribution in [3.05, 3.63) is 0 Å². The van der Waals surface area contributed by atoms with E-state index in [9.17, 15) is 4.79 Å². The minimum atomic E-state index is -0.435. The quantitative estimate of drug-likeness (QED) is 0.504. The first-order chi connectivity index (χ1) is 5.99. The Labute approximate surface area is 80.0 Å². The van der Waals surface area contributed by atoms with Gasteiger partial charge in [-0.05, 0) is 12.8 Å². The second-order valence-electron chi connectivity index (χ2n) is 3.54. The van der Waals surface area contributed by atoms with Crippen LogP contribution in [0.4, 0.5) is 0 Å².